The molecule has 2 aliphatic rings. The number of allylic oxidation sites excluding steroid dienone is 2. The van der Waals surface area contributed by atoms with Gasteiger partial charge in [-0.05, 0) is 80.2 Å². The van der Waals surface area contributed by atoms with Crippen molar-refractivity contribution in [2.24, 2.45) is 0 Å². The van der Waals surface area contributed by atoms with Gasteiger partial charge in [0.25, 0.3) is 0 Å². The van der Waals surface area contributed by atoms with Crippen LogP contribution in [0.15, 0.2) is 30.8 Å². The second-order valence-electron chi connectivity index (χ2n) is 10.7. The molecule has 0 amide bonds. The van der Waals surface area contributed by atoms with Gasteiger partial charge in [0.05, 0.1) is 22.5 Å². The van der Waals surface area contributed by atoms with Gasteiger partial charge in [-0.15, -0.1) is 0 Å². The molecule has 0 aromatic carbocycles. The van der Waals surface area contributed by atoms with E-state index in [1.165, 1.54) is 0 Å². The first-order chi connectivity index (χ1) is 19.0. The molecule has 8 nitrogen and oxygen atoms in total. The minimum absolute atomic E-state index is 0.00508. The third-order valence-corrected chi connectivity index (χ3v) is 8.37. The fourth-order valence-electron chi connectivity index (χ4n) is 6.02. The van der Waals surface area contributed by atoms with E-state index in [1.807, 2.05) is 38.1 Å². The summed E-state index contributed by atoms with van der Waals surface area (Å²) in [6.45, 7) is 14.1. The zero-order chi connectivity index (χ0) is 28.9. The van der Waals surface area contributed by atoms with Gasteiger partial charge in [-0.2, -0.15) is 0 Å². The molecule has 5 rings (SSSR count). The van der Waals surface area contributed by atoms with Gasteiger partial charge in [-0.1, -0.05) is 26.5 Å². The second kappa shape index (κ2) is 10.3. The fourth-order valence-corrected chi connectivity index (χ4v) is 6.02. The molecule has 4 N–H and O–H groups in total. The molecule has 2 aliphatic heterocycles. The van der Waals surface area contributed by atoms with Crippen LogP contribution in [-0.2, 0) is 4.79 Å². The molecule has 0 fully saturated rings. The van der Waals surface area contributed by atoms with Crippen molar-refractivity contribution in [3.63, 3.8) is 0 Å². The number of carboxylic acids is 2. The van der Waals surface area contributed by atoms with Crippen molar-refractivity contribution in [3.05, 3.63) is 75.9 Å². The van der Waals surface area contributed by atoms with E-state index in [0.717, 1.165) is 56.8 Å². The molecule has 8 bridgehead atoms. The summed E-state index contributed by atoms with van der Waals surface area (Å²) in [7, 11) is 0. The first kappa shape index (κ1) is 27.1. The van der Waals surface area contributed by atoms with Crippen molar-refractivity contribution < 1.29 is 19.8 Å². The number of carboxylic acid groups (broad SMARTS) is 2. The quantitative estimate of drug-likeness (QED) is 0.259. The van der Waals surface area contributed by atoms with Crippen LogP contribution in [0.25, 0.3) is 39.3 Å². The number of fused-ring (bicyclic) bond motifs is 8. The number of hydrogen-bond donors (Lipinski definition) is 4. The van der Waals surface area contributed by atoms with E-state index >= 15 is 0 Å². The first-order valence-electron chi connectivity index (χ1n) is 13.6. The minimum atomic E-state index is -1.04. The highest BCUT2D eigenvalue weighted by Gasteiger charge is 2.30. The molecule has 206 valence electrons. The van der Waals surface area contributed by atoms with Gasteiger partial charge in [0.2, 0.25) is 0 Å². The van der Waals surface area contributed by atoms with Gasteiger partial charge in [-0.25, -0.2) is 9.78 Å². The van der Waals surface area contributed by atoms with Crippen molar-refractivity contribution in [1.82, 2.24) is 19.9 Å². The van der Waals surface area contributed by atoms with Gasteiger partial charge < -0.3 is 20.2 Å². The van der Waals surface area contributed by atoms with Crippen LogP contribution in [0, 0.1) is 13.8 Å². The van der Waals surface area contributed by atoms with E-state index in [2.05, 4.69) is 30.4 Å². The molecule has 0 aliphatic carbocycles. The third kappa shape index (κ3) is 4.53. The number of aromatic nitrogens is 4. The van der Waals surface area contributed by atoms with Crippen molar-refractivity contribution in [1.29, 1.82) is 0 Å². The van der Waals surface area contributed by atoms with Crippen LogP contribution in [0.3, 0.4) is 0 Å². The Morgan fingerprint density at radius 2 is 1.57 bits per heavy atom. The van der Waals surface area contributed by atoms with Crippen LogP contribution in [0.1, 0.15) is 102 Å². The summed E-state index contributed by atoms with van der Waals surface area (Å²) in [5, 5.41) is 19.6. The molecule has 40 heavy (non-hydrogen) atoms. The SMILES string of the molecule is C=Cc1c(C)c2cc3nc(cc4[nH]c(cc5nc(cc1[nH]2)C(C)=C5CC)c(C)c4C(=O)O)C(CCC(=O)O)C3C. The molecule has 0 saturated carbocycles. The standard InChI is InChI=1S/C32H34N4O4/c1-7-19-15(3)22-11-23-17(5)21(9-10-30(37)38)28(35-23)14-29-31(32(39)40)18(6)25(36-29)13-27-20(8-2)16(4)24(34-27)12-26(19)33-22/h7,11-14,17,21,33,36H,1,8-10H2,2-6H3,(H,37,38)(H,39,40). The van der Waals surface area contributed by atoms with Crippen LogP contribution < -0.4 is 0 Å². The van der Waals surface area contributed by atoms with Gasteiger partial charge in [0.1, 0.15) is 0 Å². The number of carbonyl (C=O) groups is 2. The number of nitrogens with one attached hydrogen (secondary N) is 2. The van der Waals surface area contributed by atoms with Crippen LogP contribution in [0.5, 0.6) is 0 Å². The number of aromatic carboxylic acids is 1. The topological polar surface area (TPSA) is 132 Å². The molecular formula is C32H34N4O4. The number of aliphatic carboxylic acids is 1. The van der Waals surface area contributed by atoms with Gasteiger partial charge >= 0.3 is 11.9 Å². The van der Waals surface area contributed by atoms with Crippen LogP contribution >= 0.6 is 0 Å². The molecule has 0 saturated heterocycles. The first-order valence-corrected chi connectivity index (χ1v) is 13.6. The zero-order valence-electron chi connectivity index (χ0n) is 23.5. The number of aryl methyl sites for hydroxylation is 2. The van der Waals surface area contributed by atoms with E-state index in [1.54, 1.807) is 13.0 Å². The third-order valence-electron chi connectivity index (χ3n) is 8.37. The lowest BCUT2D eigenvalue weighted by molar-refractivity contribution is -0.137. The smallest absolute Gasteiger partial charge is 0.338 e. The highest BCUT2D eigenvalue weighted by Crippen LogP contribution is 2.40. The number of rotatable bonds is 6. The van der Waals surface area contributed by atoms with Crippen molar-refractivity contribution >= 4 is 51.2 Å². The average molecular weight is 539 g/mol. The molecule has 2 atom stereocenters. The Labute approximate surface area is 232 Å². The Hall–Kier alpha value is -4.46. The summed E-state index contributed by atoms with van der Waals surface area (Å²) >= 11 is 0. The Morgan fingerprint density at radius 1 is 0.925 bits per heavy atom. The van der Waals surface area contributed by atoms with Crippen molar-refractivity contribution in [3.8, 4) is 0 Å². The summed E-state index contributed by atoms with van der Waals surface area (Å²) in [6, 6.07) is 7.74. The maximum absolute atomic E-state index is 12.4. The lowest BCUT2D eigenvalue weighted by atomic mass is 9.87. The largest absolute Gasteiger partial charge is 0.481 e. The molecule has 5 heterocycles. The lowest BCUT2D eigenvalue weighted by Gasteiger charge is -2.14. The highest BCUT2D eigenvalue weighted by atomic mass is 16.4. The maximum Gasteiger partial charge on any atom is 0.338 e. The Bertz CT molecular complexity index is 1770. The van der Waals surface area contributed by atoms with E-state index in [0.29, 0.717) is 28.7 Å². The van der Waals surface area contributed by atoms with Crippen LogP contribution in [-0.4, -0.2) is 42.1 Å². The predicted octanol–water partition coefficient (Wildman–Crippen LogP) is 7.37. The summed E-state index contributed by atoms with van der Waals surface area (Å²) in [5.74, 6) is -2.15. The molecule has 2 unspecified atom stereocenters. The summed E-state index contributed by atoms with van der Waals surface area (Å²) in [6.07, 6.45) is 3.00. The van der Waals surface area contributed by atoms with Gasteiger partial charge in [0, 0.05) is 51.8 Å². The van der Waals surface area contributed by atoms with E-state index in [-0.39, 0.29) is 23.8 Å². The maximum atomic E-state index is 12.4. The fraction of sp³-hybridized carbons (Fsp3) is 0.312. The average Bonchev–Trinajstić information content (AvgIpc) is 3.55. The van der Waals surface area contributed by atoms with Crippen LogP contribution in [0.4, 0.5) is 0 Å². The number of hydrogen-bond acceptors (Lipinski definition) is 4. The zero-order valence-corrected chi connectivity index (χ0v) is 23.5. The van der Waals surface area contributed by atoms with E-state index in [4.69, 9.17) is 9.97 Å². The highest BCUT2D eigenvalue weighted by molar-refractivity contribution is 6.01. The van der Waals surface area contributed by atoms with Gasteiger partial charge in [-0.3, -0.25) is 9.78 Å². The lowest BCUT2D eigenvalue weighted by Crippen LogP contribution is -2.06. The predicted molar refractivity (Wildman–Crippen MR) is 158 cm³/mol. The molecule has 8 heteroatoms. The monoisotopic (exact) mass is 538 g/mol. The molecule has 3 aromatic heterocycles. The second-order valence-corrected chi connectivity index (χ2v) is 10.7. The Morgan fingerprint density at radius 3 is 2.23 bits per heavy atom. The molecule has 3 aromatic rings. The Balaban J connectivity index is 1.95. The number of nitrogens with zero attached hydrogens (tertiary/aromatic N) is 2. The summed E-state index contributed by atoms with van der Waals surface area (Å²) in [4.78, 5) is 40.6. The Kier molecular flexibility index (Phi) is 6.96. The molecular weight excluding hydrogens is 504 g/mol. The van der Waals surface area contributed by atoms with E-state index in [9.17, 15) is 19.8 Å². The molecule has 0 radical (unpaired) electrons. The number of H-pyrrole nitrogens is 2. The van der Waals surface area contributed by atoms with E-state index < -0.39 is 11.9 Å². The van der Waals surface area contributed by atoms with Crippen molar-refractivity contribution in [2.75, 3.05) is 0 Å². The van der Waals surface area contributed by atoms with Crippen molar-refractivity contribution in [2.45, 2.75) is 65.7 Å². The minimum Gasteiger partial charge on any atom is -0.481 e. The number of aromatic amines is 2. The summed E-state index contributed by atoms with van der Waals surface area (Å²) < 4.78 is 0. The summed E-state index contributed by atoms with van der Waals surface area (Å²) in [5.41, 5.74) is 11.0. The normalized spacial score (nSPS) is 16.8. The van der Waals surface area contributed by atoms with Crippen LogP contribution in [0.2, 0.25) is 0 Å². The molecule has 0 spiro atoms. The van der Waals surface area contributed by atoms with Gasteiger partial charge in [0.15, 0.2) is 0 Å².